The fourth-order valence-corrected chi connectivity index (χ4v) is 2.96. The van der Waals surface area contributed by atoms with Gasteiger partial charge < -0.3 is 9.84 Å². The second kappa shape index (κ2) is 8.93. The minimum atomic E-state index is 0.0329. The number of benzene rings is 1. The number of rotatable bonds is 8. The van der Waals surface area contributed by atoms with Gasteiger partial charge in [0.1, 0.15) is 0 Å². The van der Waals surface area contributed by atoms with Crippen LogP contribution < -0.4 is 5.32 Å². The third-order valence-electron chi connectivity index (χ3n) is 3.14. The summed E-state index contributed by atoms with van der Waals surface area (Å²) in [7, 11) is 0. The summed E-state index contributed by atoms with van der Waals surface area (Å²) in [5.41, 5.74) is 0.809. The zero-order chi connectivity index (χ0) is 16.7. The van der Waals surface area contributed by atoms with E-state index in [9.17, 15) is 4.79 Å². The van der Waals surface area contributed by atoms with Crippen LogP contribution >= 0.6 is 23.4 Å². The predicted octanol–water partition coefficient (Wildman–Crippen LogP) is 3.93. The van der Waals surface area contributed by atoms with Crippen molar-refractivity contribution in [3.05, 3.63) is 35.2 Å². The van der Waals surface area contributed by atoms with Crippen molar-refractivity contribution in [1.82, 2.24) is 15.5 Å². The van der Waals surface area contributed by atoms with Gasteiger partial charge in [-0.1, -0.05) is 42.2 Å². The molecule has 124 valence electrons. The first-order valence-corrected chi connectivity index (χ1v) is 9.07. The lowest BCUT2D eigenvalue weighted by Crippen LogP contribution is -2.33. The lowest BCUT2D eigenvalue weighted by Gasteiger charge is -2.11. The molecule has 0 aliphatic heterocycles. The van der Waals surface area contributed by atoms with E-state index in [1.54, 1.807) is 12.1 Å². The molecule has 0 aliphatic rings. The summed E-state index contributed by atoms with van der Waals surface area (Å²) in [6.45, 7) is 4.12. The molecule has 2 rings (SSSR count). The average Bonchev–Trinajstić information content (AvgIpc) is 2.96. The molecule has 1 N–H and O–H groups in total. The zero-order valence-corrected chi connectivity index (χ0v) is 14.8. The normalized spacial score (nSPS) is 12.1. The van der Waals surface area contributed by atoms with Gasteiger partial charge in [-0.2, -0.15) is 4.98 Å². The summed E-state index contributed by atoms with van der Waals surface area (Å²) < 4.78 is 5.20. The van der Waals surface area contributed by atoms with Crippen LogP contribution in [0.4, 0.5) is 0 Å². The summed E-state index contributed by atoms with van der Waals surface area (Å²) in [4.78, 5) is 16.1. The minimum Gasteiger partial charge on any atom is -0.353 e. The number of nitrogens with zero attached hydrogens (tertiary/aromatic N) is 2. The van der Waals surface area contributed by atoms with E-state index in [1.807, 2.05) is 19.1 Å². The molecule has 0 bridgehead atoms. The van der Waals surface area contributed by atoms with Crippen LogP contribution in [0.25, 0.3) is 11.4 Å². The van der Waals surface area contributed by atoms with Gasteiger partial charge in [0.2, 0.25) is 17.6 Å². The lowest BCUT2D eigenvalue weighted by atomic mass is 10.2. The second-order valence-electron chi connectivity index (χ2n) is 5.27. The van der Waals surface area contributed by atoms with Gasteiger partial charge in [-0.25, -0.2) is 0 Å². The standard InChI is InChI=1S/C16H20ClN3O2S/c1-3-5-11(2)18-14(21)9-23-10-15-19-16(20-22-15)12-6-4-7-13(17)8-12/h4,6-8,11H,3,5,9-10H2,1-2H3,(H,18,21). The van der Waals surface area contributed by atoms with Gasteiger partial charge in [-0.15, -0.1) is 11.8 Å². The number of thioether (sulfide) groups is 1. The van der Waals surface area contributed by atoms with Crippen LogP contribution in [0.2, 0.25) is 5.02 Å². The highest BCUT2D eigenvalue weighted by Gasteiger charge is 2.11. The Labute approximate surface area is 145 Å². The summed E-state index contributed by atoms with van der Waals surface area (Å²) in [5, 5.41) is 7.53. The minimum absolute atomic E-state index is 0.0329. The first-order valence-electron chi connectivity index (χ1n) is 7.54. The zero-order valence-electron chi connectivity index (χ0n) is 13.2. The van der Waals surface area contributed by atoms with Crippen LogP contribution in [0.3, 0.4) is 0 Å². The van der Waals surface area contributed by atoms with Gasteiger partial charge in [0.05, 0.1) is 11.5 Å². The van der Waals surface area contributed by atoms with Gasteiger partial charge in [0.15, 0.2) is 0 Å². The highest BCUT2D eigenvalue weighted by Crippen LogP contribution is 2.21. The summed E-state index contributed by atoms with van der Waals surface area (Å²) in [6, 6.07) is 7.50. The van der Waals surface area contributed by atoms with Crippen LogP contribution in [-0.4, -0.2) is 27.8 Å². The number of hydrogen-bond donors (Lipinski definition) is 1. The summed E-state index contributed by atoms with van der Waals surface area (Å²) >= 11 is 7.40. The molecule has 0 saturated heterocycles. The van der Waals surface area contributed by atoms with E-state index in [1.165, 1.54) is 11.8 Å². The van der Waals surface area contributed by atoms with E-state index in [0.717, 1.165) is 18.4 Å². The first kappa shape index (κ1) is 17.8. The average molecular weight is 354 g/mol. The van der Waals surface area contributed by atoms with E-state index in [0.29, 0.717) is 28.2 Å². The topological polar surface area (TPSA) is 68.0 Å². The molecular weight excluding hydrogens is 334 g/mol. The molecule has 7 heteroatoms. The van der Waals surface area contributed by atoms with Gasteiger partial charge in [-0.3, -0.25) is 4.79 Å². The second-order valence-corrected chi connectivity index (χ2v) is 6.69. The maximum Gasteiger partial charge on any atom is 0.236 e. The van der Waals surface area contributed by atoms with Crippen LogP contribution in [0.1, 0.15) is 32.6 Å². The Morgan fingerprint density at radius 3 is 3.04 bits per heavy atom. The quantitative estimate of drug-likeness (QED) is 0.778. The van der Waals surface area contributed by atoms with Crippen LogP contribution in [0.15, 0.2) is 28.8 Å². The molecule has 1 aromatic carbocycles. The van der Waals surface area contributed by atoms with Gasteiger partial charge >= 0.3 is 0 Å². The van der Waals surface area contributed by atoms with Crippen molar-refractivity contribution in [3.63, 3.8) is 0 Å². The fraction of sp³-hybridized carbons (Fsp3) is 0.438. The maximum atomic E-state index is 11.8. The van der Waals surface area contributed by atoms with E-state index < -0.39 is 0 Å². The number of hydrogen-bond acceptors (Lipinski definition) is 5. The van der Waals surface area contributed by atoms with Crippen molar-refractivity contribution in [2.45, 2.75) is 38.5 Å². The Morgan fingerprint density at radius 1 is 1.48 bits per heavy atom. The Morgan fingerprint density at radius 2 is 2.30 bits per heavy atom. The van der Waals surface area contributed by atoms with Crippen LogP contribution in [0.5, 0.6) is 0 Å². The van der Waals surface area contributed by atoms with E-state index in [2.05, 4.69) is 22.4 Å². The molecule has 1 atom stereocenters. The van der Waals surface area contributed by atoms with Crippen molar-refractivity contribution in [2.75, 3.05) is 5.75 Å². The number of carbonyl (C=O) groups is 1. The van der Waals surface area contributed by atoms with Crippen molar-refractivity contribution < 1.29 is 9.32 Å². The molecule has 23 heavy (non-hydrogen) atoms. The number of aromatic nitrogens is 2. The van der Waals surface area contributed by atoms with E-state index in [4.69, 9.17) is 16.1 Å². The van der Waals surface area contributed by atoms with Gasteiger partial charge in [0.25, 0.3) is 0 Å². The fourth-order valence-electron chi connectivity index (χ4n) is 2.11. The molecule has 0 saturated carbocycles. The Hall–Kier alpha value is -1.53. The summed E-state index contributed by atoms with van der Waals surface area (Å²) in [5.74, 6) is 1.92. The van der Waals surface area contributed by atoms with Crippen molar-refractivity contribution in [2.24, 2.45) is 0 Å². The van der Waals surface area contributed by atoms with Crippen molar-refractivity contribution >= 4 is 29.3 Å². The Balaban J connectivity index is 1.80. The predicted molar refractivity (Wildman–Crippen MR) is 93.4 cm³/mol. The lowest BCUT2D eigenvalue weighted by molar-refractivity contribution is -0.119. The maximum absolute atomic E-state index is 11.8. The number of halogens is 1. The van der Waals surface area contributed by atoms with Crippen LogP contribution in [0, 0.1) is 0 Å². The van der Waals surface area contributed by atoms with Crippen LogP contribution in [-0.2, 0) is 10.5 Å². The van der Waals surface area contributed by atoms with E-state index >= 15 is 0 Å². The molecule has 1 amide bonds. The van der Waals surface area contributed by atoms with E-state index in [-0.39, 0.29) is 11.9 Å². The largest absolute Gasteiger partial charge is 0.353 e. The molecule has 0 radical (unpaired) electrons. The molecule has 0 aliphatic carbocycles. The molecule has 0 fully saturated rings. The van der Waals surface area contributed by atoms with Gasteiger partial charge in [0, 0.05) is 16.6 Å². The molecule has 2 aromatic rings. The number of amides is 1. The SMILES string of the molecule is CCCC(C)NC(=O)CSCc1nc(-c2cccc(Cl)c2)no1. The molecule has 0 spiro atoms. The van der Waals surface area contributed by atoms with Crippen molar-refractivity contribution in [1.29, 1.82) is 0 Å². The Bertz CT molecular complexity index is 648. The molecule has 5 nitrogen and oxygen atoms in total. The molecule has 1 aromatic heterocycles. The van der Waals surface area contributed by atoms with Gasteiger partial charge in [-0.05, 0) is 25.5 Å². The first-order chi connectivity index (χ1) is 11.1. The smallest absolute Gasteiger partial charge is 0.236 e. The molecule has 1 unspecified atom stereocenters. The third kappa shape index (κ3) is 5.88. The Kier molecular flexibility index (Phi) is 6.92. The highest BCUT2D eigenvalue weighted by molar-refractivity contribution is 7.99. The molecule has 1 heterocycles. The van der Waals surface area contributed by atoms with Crippen molar-refractivity contribution in [3.8, 4) is 11.4 Å². The number of carbonyl (C=O) groups excluding carboxylic acids is 1. The summed E-state index contributed by atoms with van der Waals surface area (Å²) in [6.07, 6.45) is 2.05. The number of nitrogens with one attached hydrogen (secondary N) is 1. The monoisotopic (exact) mass is 353 g/mol. The highest BCUT2D eigenvalue weighted by atomic mass is 35.5. The molecular formula is C16H20ClN3O2S. The third-order valence-corrected chi connectivity index (χ3v) is 4.29.